The zero-order valence-corrected chi connectivity index (χ0v) is 27.8. The molecule has 0 bridgehead atoms. The molecule has 5 aliphatic carbocycles. The lowest BCUT2D eigenvalue weighted by molar-refractivity contribution is -0.306. The fourth-order valence-corrected chi connectivity index (χ4v) is 13.4. The van der Waals surface area contributed by atoms with E-state index < -0.39 is 53.4 Å². The third-order valence-corrected chi connectivity index (χ3v) is 15.5. The number of fused-ring (bicyclic) bond motifs is 2. The standard InChI is InChI=1S/C35H58O9/c1-29(2)22(43-28-25(40)24(39)20(38)16-42-28)9-11-35-17-34(35)13-12-31(5)27(33(7)10-8-23(44-33)30(3,4)41)19(37)15-32(31,6)21(34)14-18(36)26(29)35/h18-28,36-41H,8-17H2,1-7H3/t18-,19+,20?,21?,22?,23+,24?,25?,26?,27?,28?,31-,32+,33?,34+,35-/m1/s1. The number of hydrogen-bond donors (Lipinski definition) is 6. The zero-order chi connectivity index (χ0) is 32.0. The van der Waals surface area contributed by atoms with E-state index in [1.165, 1.54) is 0 Å². The molecular formula is C35H58O9. The lowest BCUT2D eigenvalue weighted by Gasteiger charge is -2.64. The Labute approximate surface area is 262 Å². The Bertz CT molecular complexity index is 1160. The average molecular weight is 623 g/mol. The summed E-state index contributed by atoms with van der Waals surface area (Å²) in [6.45, 7) is 14.8. The zero-order valence-electron chi connectivity index (χ0n) is 27.8. The van der Waals surface area contributed by atoms with E-state index in [0.717, 1.165) is 44.9 Å². The largest absolute Gasteiger partial charge is 0.393 e. The van der Waals surface area contributed by atoms with Gasteiger partial charge in [0.05, 0.1) is 42.2 Å². The summed E-state index contributed by atoms with van der Waals surface area (Å²) in [5.74, 6) is 0.285. The highest BCUT2D eigenvalue weighted by molar-refractivity contribution is 5.33. The van der Waals surface area contributed by atoms with Gasteiger partial charge < -0.3 is 44.8 Å². The molecule has 0 aromatic rings. The van der Waals surface area contributed by atoms with Crippen LogP contribution in [0.15, 0.2) is 0 Å². The van der Waals surface area contributed by atoms with Gasteiger partial charge in [0, 0.05) is 5.92 Å². The fraction of sp³-hybridized carbons (Fsp3) is 1.00. The topological polar surface area (TPSA) is 149 Å². The summed E-state index contributed by atoms with van der Waals surface area (Å²) in [6.07, 6.45) is 1.57. The summed E-state index contributed by atoms with van der Waals surface area (Å²) >= 11 is 0. The molecule has 0 radical (unpaired) electrons. The average Bonchev–Trinajstić information content (AvgIpc) is 3.27. The summed E-state index contributed by atoms with van der Waals surface area (Å²) < 4.78 is 18.7. The third kappa shape index (κ3) is 3.97. The Kier molecular flexibility index (Phi) is 7.04. The summed E-state index contributed by atoms with van der Waals surface area (Å²) in [4.78, 5) is 0. The molecule has 2 aliphatic heterocycles. The van der Waals surface area contributed by atoms with Crippen LogP contribution >= 0.6 is 0 Å². The molecular weight excluding hydrogens is 564 g/mol. The maximum atomic E-state index is 12.1. The summed E-state index contributed by atoms with van der Waals surface area (Å²) in [6, 6.07) is 0. The Morgan fingerprint density at radius 2 is 1.45 bits per heavy atom. The van der Waals surface area contributed by atoms with Gasteiger partial charge in [-0.25, -0.2) is 0 Å². The molecule has 16 atom stereocenters. The van der Waals surface area contributed by atoms with Crippen LogP contribution in [0, 0.1) is 44.8 Å². The van der Waals surface area contributed by atoms with E-state index >= 15 is 0 Å². The molecule has 252 valence electrons. The van der Waals surface area contributed by atoms with E-state index in [2.05, 4.69) is 34.6 Å². The van der Waals surface area contributed by atoms with Crippen molar-refractivity contribution in [3.63, 3.8) is 0 Å². The predicted molar refractivity (Wildman–Crippen MR) is 161 cm³/mol. The van der Waals surface area contributed by atoms with Gasteiger partial charge in [-0.1, -0.05) is 27.7 Å². The van der Waals surface area contributed by atoms with Crippen LogP contribution in [0.2, 0.25) is 0 Å². The highest BCUT2D eigenvalue weighted by Gasteiger charge is 2.85. The van der Waals surface area contributed by atoms with Gasteiger partial charge in [0.1, 0.15) is 18.3 Å². The lowest BCUT2D eigenvalue weighted by Crippen LogP contribution is -2.63. The second-order valence-electron chi connectivity index (χ2n) is 18.3. The monoisotopic (exact) mass is 622 g/mol. The molecule has 6 N–H and O–H groups in total. The summed E-state index contributed by atoms with van der Waals surface area (Å²) in [5.41, 5.74) is -2.01. The van der Waals surface area contributed by atoms with Crippen LogP contribution in [0.25, 0.3) is 0 Å². The molecule has 2 saturated heterocycles. The Hall–Kier alpha value is -0.360. The maximum absolute atomic E-state index is 12.1. The van der Waals surface area contributed by atoms with E-state index in [1.807, 2.05) is 13.8 Å². The molecule has 9 heteroatoms. The van der Waals surface area contributed by atoms with E-state index in [0.29, 0.717) is 18.8 Å². The van der Waals surface area contributed by atoms with Crippen molar-refractivity contribution in [3.8, 4) is 0 Å². The van der Waals surface area contributed by atoms with Crippen molar-refractivity contribution < 1.29 is 44.8 Å². The molecule has 7 fully saturated rings. The normalized spacial score (nSPS) is 59.8. The SMILES string of the molecule is CC1(C2[C@@H](O)C[C@@]3(C)C4C[C@@H](O)C5C(C)(C)C(OC6OCC(O)C(O)C6O)CC[C@@]56C[C@@]46CC[C@]23C)CC[C@@H](C(C)(C)O)O1. The van der Waals surface area contributed by atoms with Gasteiger partial charge >= 0.3 is 0 Å². The minimum atomic E-state index is -1.33. The molecule has 7 aliphatic rings. The summed E-state index contributed by atoms with van der Waals surface area (Å²) in [5, 5.41) is 65.5. The van der Waals surface area contributed by atoms with Gasteiger partial charge in [-0.2, -0.15) is 0 Å². The second kappa shape index (κ2) is 9.63. The van der Waals surface area contributed by atoms with Crippen LogP contribution in [0.3, 0.4) is 0 Å². The molecule has 9 nitrogen and oxygen atoms in total. The number of hydrogen-bond acceptors (Lipinski definition) is 9. The molecule has 2 heterocycles. The van der Waals surface area contributed by atoms with Crippen LogP contribution in [0.1, 0.15) is 106 Å². The van der Waals surface area contributed by atoms with E-state index in [1.54, 1.807) is 0 Å². The van der Waals surface area contributed by atoms with Crippen molar-refractivity contribution in [1.82, 2.24) is 0 Å². The van der Waals surface area contributed by atoms with Gasteiger partial charge in [0.15, 0.2) is 6.29 Å². The molecule has 2 spiro atoms. The first-order valence-electron chi connectivity index (χ1n) is 17.4. The molecule has 0 aromatic carbocycles. The number of rotatable bonds is 4. The van der Waals surface area contributed by atoms with Gasteiger partial charge in [-0.05, 0) is 117 Å². The Balaban J connectivity index is 1.15. The van der Waals surface area contributed by atoms with E-state index in [4.69, 9.17) is 14.2 Å². The fourth-order valence-electron chi connectivity index (χ4n) is 13.4. The lowest BCUT2D eigenvalue weighted by atomic mass is 9.41. The first-order valence-corrected chi connectivity index (χ1v) is 17.4. The van der Waals surface area contributed by atoms with Gasteiger partial charge in [0.2, 0.25) is 0 Å². The predicted octanol–water partition coefficient (Wildman–Crippen LogP) is 2.90. The molecule has 9 unspecified atom stereocenters. The van der Waals surface area contributed by atoms with Crippen molar-refractivity contribution >= 4 is 0 Å². The third-order valence-electron chi connectivity index (χ3n) is 15.5. The van der Waals surface area contributed by atoms with Gasteiger partial charge in [-0.3, -0.25) is 0 Å². The highest BCUT2D eigenvalue weighted by atomic mass is 16.7. The van der Waals surface area contributed by atoms with Crippen molar-refractivity contribution in [2.75, 3.05) is 6.61 Å². The number of aliphatic hydroxyl groups excluding tert-OH is 5. The minimum Gasteiger partial charge on any atom is -0.393 e. The van der Waals surface area contributed by atoms with Crippen LogP contribution in [-0.4, -0.2) is 97.5 Å². The van der Waals surface area contributed by atoms with Crippen LogP contribution < -0.4 is 0 Å². The molecule has 0 aromatic heterocycles. The van der Waals surface area contributed by atoms with Crippen molar-refractivity contribution in [3.05, 3.63) is 0 Å². The van der Waals surface area contributed by atoms with Crippen LogP contribution in [-0.2, 0) is 14.2 Å². The number of ether oxygens (including phenoxy) is 3. The maximum Gasteiger partial charge on any atom is 0.186 e. The van der Waals surface area contributed by atoms with Gasteiger partial charge in [-0.15, -0.1) is 0 Å². The smallest absolute Gasteiger partial charge is 0.186 e. The van der Waals surface area contributed by atoms with Crippen LogP contribution in [0.5, 0.6) is 0 Å². The molecule has 5 saturated carbocycles. The Morgan fingerprint density at radius 1 is 0.750 bits per heavy atom. The molecule has 44 heavy (non-hydrogen) atoms. The minimum absolute atomic E-state index is 0.00753. The quantitative estimate of drug-likeness (QED) is 0.260. The number of aliphatic hydroxyl groups is 6. The van der Waals surface area contributed by atoms with Crippen molar-refractivity contribution in [1.29, 1.82) is 0 Å². The van der Waals surface area contributed by atoms with Crippen molar-refractivity contribution in [2.24, 2.45) is 44.8 Å². The van der Waals surface area contributed by atoms with Crippen LogP contribution in [0.4, 0.5) is 0 Å². The summed E-state index contributed by atoms with van der Waals surface area (Å²) in [7, 11) is 0. The van der Waals surface area contributed by atoms with Gasteiger partial charge in [0.25, 0.3) is 0 Å². The molecule has 7 rings (SSSR count). The second-order valence-corrected chi connectivity index (χ2v) is 18.3. The Morgan fingerprint density at radius 3 is 2.11 bits per heavy atom. The van der Waals surface area contributed by atoms with E-state index in [-0.39, 0.29) is 52.3 Å². The van der Waals surface area contributed by atoms with Crippen molar-refractivity contribution in [2.45, 2.75) is 166 Å². The highest BCUT2D eigenvalue weighted by Crippen LogP contribution is 2.89. The first-order chi connectivity index (χ1) is 20.3. The first kappa shape index (κ1) is 32.2. The van der Waals surface area contributed by atoms with E-state index in [9.17, 15) is 30.6 Å². The molecule has 0 amide bonds.